The van der Waals surface area contributed by atoms with Crippen molar-refractivity contribution in [3.8, 4) is 5.75 Å². The average molecular weight is 582 g/mol. The molecule has 0 aliphatic rings. The summed E-state index contributed by atoms with van der Waals surface area (Å²) in [5.41, 5.74) is 1.80. The summed E-state index contributed by atoms with van der Waals surface area (Å²) in [6.45, 7) is 1.36. The maximum Gasteiger partial charge on any atom is 0.282 e. The van der Waals surface area contributed by atoms with E-state index in [1.807, 2.05) is 30.3 Å². The fourth-order valence-corrected chi connectivity index (χ4v) is 5.57. The Balaban J connectivity index is 1.62. The number of hydrogen-bond donors (Lipinski definition) is 3. The zero-order valence-corrected chi connectivity index (χ0v) is 23.3. The van der Waals surface area contributed by atoms with Crippen LogP contribution in [0.5, 0.6) is 5.75 Å². The minimum Gasteiger partial charge on any atom is -0.508 e. The summed E-state index contributed by atoms with van der Waals surface area (Å²) in [5, 5.41) is 17.0. The highest BCUT2D eigenvalue weighted by Crippen LogP contribution is 2.23. The number of nitrogens with one attached hydrogen (secondary N) is 2. The van der Waals surface area contributed by atoms with Crippen molar-refractivity contribution in [2.24, 2.45) is 5.10 Å². The molecule has 3 N–H and O–H groups in total. The van der Waals surface area contributed by atoms with Crippen LogP contribution in [-0.4, -0.2) is 35.3 Å². The quantitative estimate of drug-likeness (QED) is 0.223. The van der Waals surface area contributed by atoms with Gasteiger partial charge in [0.2, 0.25) is 15.9 Å². The van der Waals surface area contributed by atoms with Crippen LogP contribution in [0.4, 0.5) is 5.69 Å². The molecular formula is C31H27N5O5S. The second-order valence-corrected chi connectivity index (χ2v) is 11.2. The lowest BCUT2D eigenvalue weighted by Crippen LogP contribution is -2.35. The van der Waals surface area contributed by atoms with Gasteiger partial charge in [0.15, 0.2) is 5.82 Å². The minimum atomic E-state index is -4.13. The average Bonchev–Trinajstić information content (AvgIpc) is 2.97. The molecule has 42 heavy (non-hydrogen) atoms. The standard InChI is InChI=1S/C31H27N5O5S/c1-21(37)33-24-13-17-26(18-14-24)42(40,41)35-29(19-22-7-3-2-4-8-22)30-34-28-10-6-5-9-27(28)31(39)36(30)32-20-23-11-15-25(38)16-12-23/h2-18,20,29,35,38H,19H2,1H3,(H,33,37)/b32-20+. The summed E-state index contributed by atoms with van der Waals surface area (Å²) in [6, 6.07) is 27.0. The lowest BCUT2D eigenvalue weighted by atomic mass is 10.1. The summed E-state index contributed by atoms with van der Waals surface area (Å²) in [5.74, 6) is -0.101. The van der Waals surface area contributed by atoms with Crippen LogP contribution >= 0.6 is 0 Å². The molecule has 1 heterocycles. The van der Waals surface area contributed by atoms with E-state index in [1.54, 1.807) is 36.4 Å². The van der Waals surface area contributed by atoms with Crippen molar-refractivity contribution in [1.82, 2.24) is 14.4 Å². The van der Waals surface area contributed by atoms with E-state index in [2.05, 4.69) is 15.1 Å². The van der Waals surface area contributed by atoms with Crippen molar-refractivity contribution < 1.29 is 18.3 Å². The molecular weight excluding hydrogens is 554 g/mol. The molecule has 0 aliphatic carbocycles. The number of sulfonamides is 1. The first-order valence-corrected chi connectivity index (χ1v) is 14.5. The van der Waals surface area contributed by atoms with Crippen LogP contribution in [0, 0.1) is 0 Å². The summed E-state index contributed by atoms with van der Waals surface area (Å²) >= 11 is 0. The number of benzene rings is 4. The molecule has 0 aliphatic heterocycles. The van der Waals surface area contributed by atoms with Crippen molar-refractivity contribution in [2.45, 2.75) is 24.3 Å². The van der Waals surface area contributed by atoms with E-state index >= 15 is 0 Å². The largest absolute Gasteiger partial charge is 0.508 e. The Hall–Kier alpha value is -5.13. The lowest BCUT2D eigenvalue weighted by molar-refractivity contribution is -0.114. The maximum atomic E-state index is 13.7. The van der Waals surface area contributed by atoms with Crippen molar-refractivity contribution in [3.05, 3.63) is 130 Å². The van der Waals surface area contributed by atoms with Gasteiger partial charge in [-0.15, -0.1) is 0 Å². The number of aromatic nitrogens is 2. The molecule has 1 unspecified atom stereocenters. The number of nitrogens with zero attached hydrogens (tertiary/aromatic N) is 3. The van der Waals surface area contributed by atoms with Crippen LogP contribution in [0.15, 0.2) is 118 Å². The van der Waals surface area contributed by atoms with Gasteiger partial charge >= 0.3 is 0 Å². The molecule has 0 spiro atoms. The summed E-state index contributed by atoms with van der Waals surface area (Å²) in [7, 11) is -4.13. The molecule has 10 nitrogen and oxygen atoms in total. The van der Waals surface area contributed by atoms with Crippen LogP contribution in [0.1, 0.15) is 29.9 Å². The number of phenolic OH excluding ortho intramolecular Hbond substituents is 1. The van der Waals surface area contributed by atoms with Crippen LogP contribution in [0.3, 0.4) is 0 Å². The fourth-order valence-electron chi connectivity index (χ4n) is 4.37. The third-order valence-corrected chi connectivity index (χ3v) is 7.86. The molecule has 1 aromatic heterocycles. The van der Waals surface area contributed by atoms with Crippen LogP contribution in [-0.2, 0) is 21.2 Å². The van der Waals surface area contributed by atoms with Gasteiger partial charge in [0.05, 0.1) is 28.1 Å². The predicted octanol–water partition coefficient (Wildman–Crippen LogP) is 4.21. The van der Waals surface area contributed by atoms with E-state index in [9.17, 15) is 23.1 Å². The minimum absolute atomic E-state index is 0.0306. The van der Waals surface area contributed by atoms with Gasteiger partial charge in [-0.1, -0.05) is 42.5 Å². The van der Waals surface area contributed by atoms with Crippen LogP contribution in [0.2, 0.25) is 0 Å². The zero-order chi connectivity index (χ0) is 29.7. The Bertz CT molecular complexity index is 1920. The molecule has 5 rings (SSSR count). The number of carbonyl (C=O) groups excluding carboxylic acids is 1. The van der Waals surface area contributed by atoms with Crippen molar-refractivity contribution in [2.75, 3.05) is 5.32 Å². The highest BCUT2D eigenvalue weighted by Gasteiger charge is 2.27. The second-order valence-electron chi connectivity index (χ2n) is 9.51. The van der Waals surface area contributed by atoms with Crippen molar-refractivity contribution in [1.29, 1.82) is 0 Å². The third kappa shape index (κ3) is 6.60. The maximum absolute atomic E-state index is 13.7. The Kier molecular flexibility index (Phi) is 8.23. The molecule has 1 amide bonds. The van der Waals surface area contributed by atoms with Gasteiger partial charge in [0, 0.05) is 12.6 Å². The van der Waals surface area contributed by atoms with Gasteiger partial charge in [-0.2, -0.15) is 9.78 Å². The fraction of sp³-hybridized carbons (Fsp3) is 0.0968. The molecule has 0 saturated carbocycles. The highest BCUT2D eigenvalue weighted by atomic mass is 32.2. The number of carbonyl (C=O) groups is 1. The lowest BCUT2D eigenvalue weighted by Gasteiger charge is -2.21. The Labute approximate surface area is 242 Å². The van der Waals surface area contributed by atoms with Crippen molar-refractivity contribution >= 4 is 38.7 Å². The van der Waals surface area contributed by atoms with Gasteiger partial charge in [-0.05, 0) is 78.2 Å². The van der Waals surface area contributed by atoms with Gasteiger partial charge in [0.25, 0.3) is 5.56 Å². The van der Waals surface area contributed by atoms with Gasteiger partial charge in [-0.3, -0.25) is 9.59 Å². The van der Waals surface area contributed by atoms with Gasteiger partial charge in [-0.25, -0.2) is 18.1 Å². The Morgan fingerprint density at radius 2 is 1.62 bits per heavy atom. The summed E-state index contributed by atoms with van der Waals surface area (Å²) < 4.78 is 31.1. The first kappa shape index (κ1) is 28.4. The number of fused-ring (bicyclic) bond motifs is 1. The van der Waals surface area contributed by atoms with Gasteiger partial charge in [0.1, 0.15) is 5.75 Å². The monoisotopic (exact) mass is 581 g/mol. The second kappa shape index (κ2) is 12.2. The van der Waals surface area contributed by atoms with E-state index in [1.165, 1.54) is 49.5 Å². The van der Waals surface area contributed by atoms with E-state index in [-0.39, 0.29) is 28.8 Å². The molecule has 0 fully saturated rings. The Morgan fingerprint density at radius 1 is 0.952 bits per heavy atom. The van der Waals surface area contributed by atoms with E-state index < -0.39 is 21.6 Å². The number of aromatic hydroxyl groups is 1. The third-order valence-electron chi connectivity index (χ3n) is 6.37. The van der Waals surface area contributed by atoms with Gasteiger partial charge < -0.3 is 10.4 Å². The molecule has 0 bridgehead atoms. The van der Waals surface area contributed by atoms with E-state index in [4.69, 9.17) is 4.98 Å². The molecule has 5 aromatic rings. The van der Waals surface area contributed by atoms with Crippen molar-refractivity contribution in [3.63, 3.8) is 0 Å². The molecule has 11 heteroatoms. The molecule has 1 atom stereocenters. The number of para-hydroxylation sites is 1. The first-order chi connectivity index (χ1) is 20.2. The molecule has 212 valence electrons. The summed E-state index contributed by atoms with van der Waals surface area (Å²) in [4.78, 5) is 29.8. The zero-order valence-electron chi connectivity index (χ0n) is 22.5. The number of hydrogen-bond acceptors (Lipinski definition) is 7. The van der Waals surface area contributed by atoms with E-state index in [0.717, 1.165) is 10.2 Å². The molecule has 4 aromatic carbocycles. The number of anilines is 1. The highest BCUT2D eigenvalue weighted by molar-refractivity contribution is 7.89. The first-order valence-electron chi connectivity index (χ1n) is 13.0. The number of rotatable bonds is 9. The van der Waals surface area contributed by atoms with Crippen LogP contribution < -0.4 is 15.6 Å². The van der Waals surface area contributed by atoms with Crippen LogP contribution in [0.25, 0.3) is 10.9 Å². The normalized spacial score (nSPS) is 12.4. The Morgan fingerprint density at radius 3 is 2.31 bits per heavy atom. The summed E-state index contributed by atoms with van der Waals surface area (Å²) in [6.07, 6.45) is 1.61. The van der Waals surface area contributed by atoms with E-state index in [0.29, 0.717) is 22.2 Å². The smallest absolute Gasteiger partial charge is 0.282 e. The SMILES string of the molecule is CC(=O)Nc1ccc(S(=O)(=O)NC(Cc2ccccc2)c2nc3ccccc3c(=O)n2/N=C/c2ccc(O)cc2)cc1. The number of phenols is 1. The number of amides is 1. The predicted molar refractivity (Wildman–Crippen MR) is 161 cm³/mol. The molecule has 0 radical (unpaired) electrons. The molecule has 0 saturated heterocycles. The topological polar surface area (TPSA) is 143 Å².